The monoisotopic (exact) mass is 401 g/mol. The fourth-order valence-electron chi connectivity index (χ4n) is 3.31. The van der Waals surface area contributed by atoms with Crippen molar-refractivity contribution in [3.05, 3.63) is 112 Å². The first-order valence-corrected chi connectivity index (χ1v) is 9.52. The Morgan fingerprint density at radius 3 is 2.07 bits per heavy atom. The van der Waals surface area contributed by atoms with Gasteiger partial charge in [-0.1, -0.05) is 24.3 Å². The van der Waals surface area contributed by atoms with Gasteiger partial charge in [-0.25, -0.2) is 0 Å². The number of benzene rings is 2. The topological polar surface area (TPSA) is 85.2 Å². The molecule has 0 saturated heterocycles. The largest absolute Gasteiger partial charge is 0.733 e. The van der Waals surface area contributed by atoms with Gasteiger partial charge in [-0.2, -0.15) is 0 Å². The van der Waals surface area contributed by atoms with E-state index in [-0.39, 0.29) is 16.8 Å². The number of hydrogen-bond acceptors (Lipinski definition) is 6. The van der Waals surface area contributed by atoms with Crippen molar-refractivity contribution >= 4 is 17.6 Å². The van der Waals surface area contributed by atoms with Gasteiger partial charge in [-0.05, 0) is 73.5 Å². The van der Waals surface area contributed by atoms with Crippen LogP contribution in [0.15, 0.2) is 86.6 Å². The van der Waals surface area contributed by atoms with Crippen molar-refractivity contribution in [2.75, 3.05) is 5.23 Å². The van der Waals surface area contributed by atoms with Gasteiger partial charge in [-0.15, -0.1) is 0 Å². The van der Waals surface area contributed by atoms with Gasteiger partial charge in [0.1, 0.15) is 29.0 Å². The van der Waals surface area contributed by atoms with E-state index in [1.807, 2.05) is 62.4 Å². The Morgan fingerprint density at radius 2 is 1.53 bits per heavy atom. The number of nitrogens with zero attached hydrogens (tertiary/aromatic N) is 2. The van der Waals surface area contributed by atoms with Gasteiger partial charge in [0.05, 0.1) is 11.4 Å². The van der Waals surface area contributed by atoms with Crippen molar-refractivity contribution < 1.29 is 14.0 Å². The molecule has 0 saturated carbocycles. The van der Waals surface area contributed by atoms with Crippen molar-refractivity contribution in [2.24, 2.45) is 4.99 Å². The molecule has 1 N–H and O–H groups in total. The maximum absolute atomic E-state index is 11.0. The van der Waals surface area contributed by atoms with Crippen molar-refractivity contribution in [3.63, 3.8) is 0 Å². The molecule has 0 aliphatic heterocycles. The Kier molecular flexibility index (Phi) is 5.52. The van der Waals surface area contributed by atoms with E-state index in [1.54, 1.807) is 24.4 Å². The molecule has 0 aliphatic rings. The van der Waals surface area contributed by atoms with Crippen molar-refractivity contribution in [1.29, 1.82) is 0 Å². The van der Waals surface area contributed by atoms with Gasteiger partial charge in [0, 0.05) is 6.21 Å². The van der Waals surface area contributed by atoms with E-state index in [0.29, 0.717) is 5.56 Å². The Labute approximate surface area is 174 Å². The van der Waals surface area contributed by atoms with E-state index in [0.717, 1.165) is 34.3 Å². The summed E-state index contributed by atoms with van der Waals surface area (Å²) in [6.45, 7) is 3.84. The zero-order valence-electron chi connectivity index (χ0n) is 16.6. The maximum Gasteiger partial charge on any atom is 0.119 e. The molecule has 0 amide bonds. The fourth-order valence-corrected chi connectivity index (χ4v) is 3.31. The second-order valence-corrected chi connectivity index (χ2v) is 7.05. The highest BCUT2D eigenvalue weighted by molar-refractivity contribution is 5.83. The molecule has 0 radical (unpaired) electrons. The average molecular weight is 401 g/mol. The van der Waals surface area contributed by atoms with Crippen LogP contribution in [-0.4, -0.2) is 11.4 Å². The first-order valence-electron chi connectivity index (χ1n) is 9.52. The standard InChI is InChI=1S/C24H21N2O4/c1-16-6-12-22(29-16)24(23-13-7-17(2)30-23)19-8-10-20(11-9-19)25-15-18-4-3-5-21(14-18)26(27)28/h3-15,24,27H,1-2H3/q-1. The van der Waals surface area contributed by atoms with Gasteiger partial charge in [0.25, 0.3) is 0 Å². The highest BCUT2D eigenvalue weighted by Gasteiger charge is 2.23. The van der Waals surface area contributed by atoms with Gasteiger partial charge in [0.2, 0.25) is 0 Å². The Morgan fingerprint density at radius 1 is 0.900 bits per heavy atom. The van der Waals surface area contributed by atoms with Gasteiger partial charge in [-0.3, -0.25) is 10.2 Å². The number of rotatable bonds is 6. The Hall–Kier alpha value is -3.61. The highest BCUT2D eigenvalue weighted by Crippen LogP contribution is 2.34. The van der Waals surface area contributed by atoms with Crippen LogP contribution >= 0.6 is 0 Å². The minimum Gasteiger partial charge on any atom is -0.733 e. The molecule has 0 atom stereocenters. The first-order chi connectivity index (χ1) is 14.5. The molecule has 0 spiro atoms. The smallest absolute Gasteiger partial charge is 0.119 e. The van der Waals surface area contributed by atoms with E-state index >= 15 is 0 Å². The summed E-state index contributed by atoms with van der Waals surface area (Å²) < 4.78 is 11.8. The summed E-state index contributed by atoms with van der Waals surface area (Å²) >= 11 is 0. The quantitative estimate of drug-likeness (QED) is 0.311. The second-order valence-electron chi connectivity index (χ2n) is 7.05. The number of aliphatic imine (C=N–C) groups is 1. The van der Waals surface area contributed by atoms with E-state index in [1.165, 1.54) is 6.07 Å². The molecule has 6 heteroatoms. The summed E-state index contributed by atoms with van der Waals surface area (Å²) in [6, 6.07) is 22.2. The minimum atomic E-state index is -0.168. The zero-order chi connectivity index (χ0) is 21.1. The molecule has 152 valence electrons. The number of anilines is 1. The average Bonchev–Trinajstić information content (AvgIpc) is 3.36. The third-order valence-corrected chi connectivity index (χ3v) is 4.77. The maximum atomic E-state index is 11.0. The molecule has 4 rings (SSSR count). The second kappa shape index (κ2) is 8.41. The van der Waals surface area contributed by atoms with Crippen molar-refractivity contribution in [1.82, 2.24) is 0 Å². The summed E-state index contributed by atoms with van der Waals surface area (Å²) in [5, 5.41) is 19.9. The lowest BCUT2D eigenvalue weighted by Gasteiger charge is -2.21. The fraction of sp³-hybridized carbons (Fsp3) is 0.125. The molecule has 0 bridgehead atoms. The SMILES string of the molecule is Cc1ccc(C(c2ccc(N=Cc3cccc(N([O-])O)c3)cc2)c2ccc(C)o2)o1. The predicted octanol–water partition coefficient (Wildman–Crippen LogP) is 6.11. The molecule has 0 aliphatic carbocycles. The van der Waals surface area contributed by atoms with Crippen LogP contribution in [0.5, 0.6) is 0 Å². The summed E-state index contributed by atoms with van der Waals surface area (Å²) in [7, 11) is 0. The Bertz CT molecular complexity index is 1120. The summed E-state index contributed by atoms with van der Waals surface area (Å²) in [4.78, 5) is 4.46. The minimum absolute atomic E-state index is 0.144. The van der Waals surface area contributed by atoms with Gasteiger partial charge < -0.3 is 19.3 Å². The van der Waals surface area contributed by atoms with Crippen LogP contribution < -0.4 is 5.23 Å². The van der Waals surface area contributed by atoms with Gasteiger partial charge in [0.15, 0.2) is 0 Å². The van der Waals surface area contributed by atoms with Crippen LogP contribution in [0.1, 0.15) is 40.1 Å². The summed E-state index contributed by atoms with van der Waals surface area (Å²) in [5.74, 6) is 3.19. The van der Waals surface area contributed by atoms with Crippen LogP contribution in [-0.2, 0) is 0 Å². The molecular weight excluding hydrogens is 380 g/mol. The first kappa shape index (κ1) is 19.7. The molecule has 6 nitrogen and oxygen atoms in total. The summed E-state index contributed by atoms with van der Waals surface area (Å²) in [6.07, 6.45) is 1.64. The molecule has 2 aromatic carbocycles. The number of furan rings is 2. The van der Waals surface area contributed by atoms with Crippen molar-refractivity contribution in [2.45, 2.75) is 19.8 Å². The van der Waals surface area contributed by atoms with Crippen LogP contribution in [0.2, 0.25) is 0 Å². The number of hydrogen-bond donors (Lipinski definition) is 1. The Balaban J connectivity index is 1.60. The highest BCUT2D eigenvalue weighted by atomic mass is 16.8. The lowest BCUT2D eigenvalue weighted by Crippen LogP contribution is -2.06. The van der Waals surface area contributed by atoms with Crippen LogP contribution in [0.3, 0.4) is 0 Å². The van der Waals surface area contributed by atoms with E-state index in [9.17, 15) is 5.21 Å². The van der Waals surface area contributed by atoms with E-state index < -0.39 is 0 Å². The third-order valence-electron chi connectivity index (χ3n) is 4.77. The van der Waals surface area contributed by atoms with Crippen molar-refractivity contribution in [3.8, 4) is 0 Å². The van der Waals surface area contributed by atoms with E-state index in [4.69, 9.17) is 14.0 Å². The van der Waals surface area contributed by atoms with Gasteiger partial charge >= 0.3 is 0 Å². The molecule has 2 aromatic heterocycles. The normalized spacial score (nSPS) is 11.5. The molecule has 0 unspecified atom stereocenters. The lowest BCUT2D eigenvalue weighted by molar-refractivity contribution is 0.296. The lowest BCUT2D eigenvalue weighted by atomic mass is 9.94. The molecule has 2 heterocycles. The number of aryl methyl sites for hydroxylation is 2. The predicted molar refractivity (Wildman–Crippen MR) is 116 cm³/mol. The summed E-state index contributed by atoms with van der Waals surface area (Å²) in [5.41, 5.74) is 2.65. The molecular formula is C24H21N2O4-. The van der Waals surface area contributed by atoms with Crippen LogP contribution in [0.4, 0.5) is 11.4 Å². The molecule has 0 fully saturated rings. The van der Waals surface area contributed by atoms with Crippen LogP contribution in [0.25, 0.3) is 0 Å². The van der Waals surface area contributed by atoms with E-state index in [2.05, 4.69) is 4.99 Å². The zero-order valence-corrected chi connectivity index (χ0v) is 16.6. The third kappa shape index (κ3) is 4.35. The molecule has 30 heavy (non-hydrogen) atoms. The van der Waals surface area contributed by atoms with Crippen LogP contribution in [0, 0.1) is 19.1 Å². The molecule has 4 aromatic rings.